The molecule has 270 valence electrons. The van der Waals surface area contributed by atoms with Crippen molar-refractivity contribution in [2.24, 2.45) is 0 Å². The Morgan fingerprint density at radius 1 is 0.556 bits per heavy atom. The zero-order valence-corrected chi connectivity index (χ0v) is 29.6. The fraction of sp³-hybridized carbons (Fsp3) is 0.935. The molecule has 0 radical (unpaired) electrons. The second-order valence-corrected chi connectivity index (χ2v) is 14.4. The largest absolute Gasteiger partial charge is 0.478 e. The van der Waals surface area contributed by atoms with Gasteiger partial charge in [0.2, 0.25) is 0 Å². The number of phosphoric acid groups is 2. The van der Waals surface area contributed by atoms with Crippen molar-refractivity contribution < 1.29 is 57.6 Å². The molecule has 0 aromatic rings. The van der Waals surface area contributed by atoms with Crippen molar-refractivity contribution in [3.05, 3.63) is 0 Å². The second-order valence-electron chi connectivity index (χ2n) is 11.8. The van der Waals surface area contributed by atoms with E-state index in [0.717, 1.165) is 38.5 Å². The predicted octanol–water partition coefficient (Wildman–Crippen LogP) is 7.41. The summed E-state index contributed by atoms with van der Waals surface area (Å²) in [5.74, 6) is -0.726. The number of ketones is 1. The molecule has 0 spiro atoms. The molecule has 2 unspecified atom stereocenters. The number of unbranched alkanes of at least 4 members (excludes halogenated alkanes) is 20. The summed E-state index contributed by atoms with van der Waals surface area (Å²) in [6, 6.07) is 0. The van der Waals surface area contributed by atoms with E-state index < -0.39 is 40.4 Å². The topological polar surface area (TPSA) is 208 Å². The van der Waals surface area contributed by atoms with Crippen LogP contribution in [-0.4, -0.2) is 60.4 Å². The van der Waals surface area contributed by atoms with Crippen molar-refractivity contribution in [1.29, 1.82) is 0 Å². The first-order valence-electron chi connectivity index (χ1n) is 17.1. The number of ether oxygens (including phenoxy) is 1. The van der Waals surface area contributed by atoms with Crippen LogP contribution in [0.3, 0.4) is 0 Å². The van der Waals surface area contributed by atoms with E-state index in [1.807, 2.05) is 0 Å². The summed E-state index contributed by atoms with van der Waals surface area (Å²) in [5.41, 5.74) is 0. The smallest absolute Gasteiger partial charge is 0.451 e. The van der Waals surface area contributed by atoms with E-state index in [1.165, 1.54) is 103 Å². The first-order chi connectivity index (χ1) is 21.3. The molecule has 0 aliphatic carbocycles. The number of Topliss-reactive ketones (excluding diaryl/α,β-unsaturated/α-hetero) is 1. The van der Waals surface area contributed by atoms with Gasteiger partial charge in [0.05, 0.1) is 6.61 Å². The highest BCUT2D eigenvalue weighted by Gasteiger charge is 2.29. The SMILES string of the molecule is CCCCCCCCCCCCCC(=O)OC(C(=O)CCCCCCCCCCCCC)C(O)CO.O=P(O)(O)OP(=O)(O)O. The molecule has 0 aromatic carbocycles. The molecule has 45 heavy (non-hydrogen) atoms. The van der Waals surface area contributed by atoms with Gasteiger partial charge in [0.15, 0.2) is 11.9 Å². The van der Waals surface area contributed by atoms with E-state index in [2.05, 4.69) is 18.2 Å². The van der Waals surface area contributed by atoms with Crippen molar-refractivity contribution in [3.63, 3.8) is 0 Å². The average Bonchev–Trinajstić information content (AvgIpc) is 2.95. The van der Waals surface area contributed by atoms with Crippen LogP contribution in [0.4, 0.5) is 0 Å². The molecule has 0 rings (SSSR count). The monoisotopic (exact) mass is 690 g/mol. The van der Waals surface area contributed by atoms with Crippen LogP contribution in [0.1, 0.15) is 168 Å². The van der Waals surface area contributed by atoms with Crippen molar-refractivity contribution in [2.75, 3.05) is 6.61 Å². The average molecular weight is 691 g/mol. The van der Waals surface area contributed by atoms with Gasteiger partial charge in [0.25, 0.3) is 0 Å². The summed E-state index contributed by atoms with van der Waals surface area (Å²) in [4.78, 5) is 55.8. The van der Waals surface area contributed by atoms with Gasteiger partial charge in [-0.3, -0.25) is 9.59 Å². The van der Waals surface area contributed by atoms with Crippen molar-refractivity contribution in [3.8, 4) is 0 Å². The summed E-state index contributed by atoms with van der Waals surface area (Å²) in [5, 5.41) is 19.3. The maximum Gasteiger partial charge on any atom is 0.478 e. The van der Waals surface area contributed by atoms with Crippen LogP contribution in [-0.2, 0) is 27.8 Å². The Kier molecular flexibility index (Phi) is 31.6. The van der Waals surface area contributed by atoms with Crippen LogP contribution in [0.2, 0.25) is 0 Å². The van der Waals surface area contributed by atoms with Crippen LogP contribution < -0.4 is 0 Å². The molecule has 0 amide bonds. The highest BCUT2D eigenvalue weighted by molar-refractivity contribution is 7.60. The molecule has 6 N–H and O–H groups in total. The first-order valence-corrected chi connectivity index (χ1v) is 20.2. The Hall–Kier alpha value is -0.680. The number of carbonyl (C=O) groups is 2. The number of rotatable bonds is 30. The van der Waals surface area contributed by atoms with Gasteiger partial charge in [0, 0.05) is 12.8 Å². The van der Waals surface area contributed by atoms with E-state index in [4.69, 9.17) is 24.3 Å². The number of aliphatic hydroxyl groups excluding tert-OH is 2. The third-order valence-corrected chi connectivity index (χ3v) is 9.04. The normalized spacial score (nSPS) is 13.2. The summed E-state index contributed by atoms with van der Waals surface area (Å²) in [6.07, 6.45) is 24.4. The molecule has 0 saturated carbocycles. The van der Waals surface area contributed by atoms with Crippen molar-refractivity contribution in [1.82, 2.24) is 0 Å². The quantitative estimate of drug-likeness (QED) is 0.0247. The van der Waals surface area contributed by atoms with Gasteiger partial charge in [-0.15, -0.1) is 0 Å². The minimum Gasteiger partial charge on any atom is -0.451 e. The van der Waals surface area contributed by atoms with Gasteiger partial charge >= 0.3 is 21.6 Å². The molecule has 0 heterocycles. The van der Waals surface area contributed by atoms with Crippen LogP contribution in [0.25, 0.3) is 0 Å². The first kappa shape index (κ1) is 46.4. The molecule has 0 saturated heterocycles. The van der Waals surface area contributed by atoms with E-state index in [0.29, 0.717) is 0 Å². The molecule has 14 heteroatoms. The lowest BCUT2D eigenvalue weighted by Crippen LogP contribution is -2.40. The van der Waals surface area contributed by atoms with E-state index in [1.54, 1.807) is 0 Å². The summed E-state index contributed by atoms with van der Waals surface area (Å²) >= 11 is 0. The maximum absolute atomic E-state index is 12.6. The van der Waals surface area contributed by atoms with E-state index in [9.17, 15) is 28.9 Å². The molecular formula is C31H64O12P2. The van der Waals surface area contributed by atoms with Crippen LogP contribution >= 0.6 is 15.6 Å². The zero-order valence-electron chi connectivity index (χ0n) is 27.9. The third-order valence-electron chi connectivity index (χ3n) is 7.34. The molecule has 0 fully saturated rings. The maximum atomic E-state index is 12.6. The van der Waals surface area contributed by atoms with Crippen LogP contribution in [0.15, 0.2) is 0 Å². The van der Waals surface area contributed by atoms with E-state index >= 15 is 0 Å². The van der Waals surface area contributed by atoms with Crippen molar-refractivity contribution >= 4 is 27.4 Å². The summed E-state index contributed by atoms with van der Waals surface area (Å²) in [7, 11) is -10.1. The predicted molar refractivity (Wildman–Crippen MR) is 175 cm³/mol. The number of esters is 1. The van der Waals surface area contributed by atoms with Crippen LogP contribution in [0.5, 0.6) is 0 Å². The number of hydrogen-bond donors (Lipinski definition) is 6. The minimum atomic E-state index is -5.05. The molecule has 2 atom stereocenters. The number of carbonyl (C=O) groups excluding carboxylic acids is 2. The van der Waals surface area contributed by atoms with Gasteiger partial charge in [-0.1, -0.05) is 142 Å². The highest BCUT2D eigenvalue weighted by atomic mass is 31.3. The molecule has 0 aromatic heterocycles. The fourth-order valence-corrected chi connectivity index (χ4v) is 5.94. The zero-order chi connectivity index (χ0) is 34.4. The van der Waals surface area contributed by atoms with Gasteiger partial charge in [-0.2, -0.15) is 4.31 Å². The molecular weight excluding hydrogens is 626 g/mol. The van der Waals surface area contributed by atoms with Gasteiger partial charge in [-0.05, 0) is 12.8 Å². The van der Waals surface area contributed by atoms with E-state index in [-0.39, 0.29) is 18.6 Å². The molecule has 0 bridgehead atoms. The fourth-order valence-electron chi connectivity index (χ4n) is 4.83. The third kappa shape index (κ3) is 36.0. The number of hydrogen-bond acceptors (Lipinski definition) is 8. The van der Waals surface area contributed by atoms with Gasteiger partial charge in [0.1, 0.15) is 6.10 Å². The lowest BCUT2D eigenvalue weighted by molar-refractivity contribution is -0.163. The molecule has 12 nitrogen and oxygen atoms in total. The Labute approximate surface area is 271 Å². The van der Waals surface area contributed by atoms with Crippen molar-refractivity contribution in [2.45, 2.75) is 180 Å². The minimum absolute atomic E-state index is 0.261. The summed E-state index contributed by atoms with van der Waals surface area (Å²) < 4.78 is 27.5. The Bertz CT molecular complexity index is 779. The lowest BCUT2D eigenvalue weighted by atomic mass is 10.0. The Morgan fingerprint density at radius 2 is 0.867 bits per heavy atom. The Balaban J connectivity index is 0. The van der Waals surface area contributed by atoms with Crippen LogP contribution in [0, 0.1) is 0 Å². The number of aliphatic hydroxyl groups is 2. The Morgan fingerprint density at radius 3 is 1.16 bits per heavy atom. The molecule has 0 aliphatic heterocycles. The van der Waals surface area contributed by atoms with Gasteiger partial charge in [-0.25, -0.2) is 9.13 Å². The second kappa shape index (κ2) is 30.6. The summed E-state index contributed by atoms with van der Waals surface area (Å²) in [6.45, 7) is 3.89. The lowest BCUT2D eigenvalue weighted by Gasteiger charge is -2.20. The highest BCUT2D eigenvalue weighted by Crippen LogP contribution is 2.53. The van der Waals surface area contributed by atoms with Gasteiger partial charge < -0.3 is 34.5 Å². The standard InChI is InChI=1S/C31H60O5.H4O7P2/c1-3-5-7-9-11-13-15-17-19-21-23-25-28(33)31(29(34)27-32)36-30(35)26-24-22-20-18-16-14-12-10-8-6-4-2;1-8(2,3)7-9(4,5)6/h29,31-32,34H,3-27H2,1-2H3;(H2,1,2,3)(H2,4,5,6). The molecule has 0 aliphatic rings.